The van der Waals surface area contributed by atoms with Crippen molar-refractivity contribution in [3.8, 4) is 11.4 Å². The molecule has 1 aromatic carbocycles. The van der Waals surface area contributed by atoms with Gasteiger partial charge in [0, 0.05) is 6.54 Å². The maximum absolute atomic E-state index is 12.6. The number of hydrogen-bond donors (Lipinski definition) is 1. The fourth-order valence-electron chi connectivity index (χ4n) is 2.33. The topological polar surface area (TPSA) is 97.5 Å². The predicted molar refractivity (Wildman–Crippen MR) is 86.5 cm³/mol. The Morgan fingerprint density at radius 3 is 2.50 bits per heavy atom. The average molecular weight is 332 g/mol. The van der Waals surface area contributed by atoms with E-state index >= 15 is 0 Å². The Kier molecular flexibility index (Phi) is 5.51. The normalized spacial score (nSPS) is 10.5. The maximum Gasteiger partial charge on any atom is 0.323 e. The molecule has 0 saturated heterocycles. The molecule has 1 heterocycles. The first kappa shape index (κ1) is 17.5. The molecule has 0 spiro atoms. The quantitative estimate of drug-likeness (QED) is 0.825. The van der Waals surface area contributed by atoms with E-state index in [1.807, 2.05) is 6.92 Å². The van der Waals surface area contributed by atoms with Crippen molar-refractivity contribution in [3.63, 3.8) is 0 Å². The lowest BCUT2D eigenvalue weighted by Gasteiger charge is -2.18. The Morgan fingerprint density at radius 1 is 1.29 bits per heavy atom. The van der Waals surface area contributed by atoms with E-state index in [9.17, 15) is 9.59 Å². The van der Waals surface area contributed by atoms with E-state index < -0.39 is 11.9 Å². The number of aromatic nitrogens is 3. The minimum Gasteiger partial charge on any atom is -0.497 e. The number of carbonyl (C=O) groups is 2. The SMILES string of the molecule is CCCN(CC(=O)O)C(=O)c1nnn(-c2ccc(OC)cc2)c1C. The summed E-state index contributed by atoms with van der Waals surface area (Å²) in [6.07, 6.45) is 0.657. The number of rotatable bonds is 7. The molecule has 0 atom stereocenters. The fourth-order valence-corrected chi connectivity index (χ4v) is 2.33. The molecule has 0 radical (unpaired) electrons. The fraction of sp³-hybridized carbons (Fsp3) is 0.375. The molecule has 0 bridgehead atoms. The van der Waals surface area contributed by atoms with Crippen LogP contribution in [0.2, 0.25) is 0 Å². The number of benzene rings is 1. The number of carboxylic acid groups (broad SMARTS) is 1. The van der Waals surface area contributed by atoms with Gasteiger partial charge in [-0.2, -0.15) is 0 Å². The van der Waals surface area contributed by atoms with E-state index in [0.717, 1.165) is 5.69 Å². The zero-order valence-electron chi connectivity index (χ0n) is 13.9. The van der Waals surface area contributed by atoms with E-state index in [2.05, 4.69) is 10.3 Å². The summed E-state index contributed by atoms with van der Waals surface area (Å²) in [4.78, 5) is 24.8. The third-order valence-corrected chi connectivity index (χ3v) is 3.52. The lowest BCUT2D eigenvalue weighted by atomic mass is 10.2. The van der Waals surface area contributed by atoms with Gasteiger partial charge in [-0.1, -0.05) is 12.1 Å². The standard InChI is InChI=1S/C16H20N4O4/c1-4-9-19(10-14(21)22)16(23)15-11(2)20(18-17-15)12-5-7-13(24-3)8-6-12/h5-8H,4,9-10H2,1-3H3,(H,21,22). The predicted octanol–water partition coefficient (Wildman–Crippen LogP) is 1.52. The smallest absolute Gasteiger partial charge is 0.323 e. The molecule has 0 fully saturated rings. The number of aliphatic carboxylic acids is 1. The largest absolute Gasteiger partial charge is 0.497 e. The van der Waals surface area contributed by atoms with E-state index in [4.69, 9.17) is 9.84 Å². The van der Waals surface area contributed by atoms with Gasteiger partial charge in [-0.05, 0) is 37.6 Å². The number of amides is 1. The van der Waals surface area contributed by atoms with Crippen molar-refractivity contribution < 1.29 is 19.4 Å². The van der Waals surface area contributed by atoms with Crippen LogP contribution in [0.4, 0.5) is 0 Å². The highest BCUT2D eigenvalue weighted by molar-refractivity contribution is 5.95. The number of carboxylic acids is 1. The van der Waals surface area contributed by atoms with Crippen molar-refractivity contribution in [2.75, 3.05) is 20.2 Å². The zero-order chi connectivity index (χ0) is 17.7. The van der Waals surface area contributed by atoms with Gasteiger partial charge in [-0.25, -0.2) is 4.68 Å². The van der Waals surface area contributed by atoms with Gasteiger partial charge in [0.15, 0.2) is 5.69 Å². The third-order valence-electron chi connectivity index (χ3n) is 3.52. The van der Waals surface area contributed by atoms with Crippen LogP contribution in [-0.4, -0.2) is 57.1 Å². The van der Waals surface area contributed by atoms with Crippen LogP contribution in [0.5, 0.6) is 5.75 Å². The third kappa shape index (κ3) is 3.70. The highest BCUT2D eigenvalue weighted by atomic mass is 16.5. The Labute approximate surface area is 139 Å². The zero-order valence-corrected chi connectivity index (χ0v) is 13.9. The van der Waals surface area contributed by atoms with Gasteiger partial charge >= 0.3 is 5.97 Å². The number of ether oxygens (including phenoxy) is 1. The first-order valence-electron chi connectivity index (χ1n) is 7.55. The molecule has 8 nitrogen and oxygen atoms in total. The van der Waals surface area contributed by atoms with Gasteiger partial charge in [-0.15, -0.1) is 5.10 Å². The summed E-state index contributed by atoms with van der Waals surface area (Å²) in [7, 11) is 1.58. The number of hydrogen-bond acceptors (Lipinski definition) is 5. The van der Waals surface area contributed by atoms with Gasteiger partial charge < -0.3 is 14.7 Å². The van der Waals surface area contributed by atoms with Crippen LogP contribution < -0.4 is 4.74 Å². The summed E-state index contributed by atoms with van der Waals surface area (Å²) in [6, 6.07) is 7.17. The van der Waals surface area contributed by atoms with Crippen molar-refractivity contribution in [1.29, 1.82) is 0 Å². The van der Waals surface area contributed by atoms with Gasteiger partial charge in [-0.3, -0.25) is 9.59 Å². The molecule has 2 rings (SSSR count). The van der Waals surface area contributed by atoms with Crippen LogP contribution in [-0.2, 0) is 4.79 Å². The molecule has 0 saturated carbocycles. The minimum atomic E-state index is -1.06. The molecule has 0 unspecified atom stereocenters. The van der Waals surface area contributed by atoms with Crippen molar-refractivity contribution in [3.05, 3.63) is 35.7 Å². The second-order valence-corrected chi connectivity index (χ2v) is 5.25. The lowest BCUT2D eigenvalue weighted by molar-refractivity contribution is -0.137. The van der Waals surface area contributed by atoms with Crippen molar-refractivity contribution >= 4 is 11.9 Å². The van der Waals surface area contributed by atoms with Crippen LogP contribution in [0.1, 0.15) is 29.5 Å². The van der Waals surface area contributed by atoms with Crippen molar-refractivity contribution in [2.24, 2.45) is 0 Å². The molecule has 0 aliphatic carbocycles. The van der Waals surface area contributed by atoms with Crippen LogP contribution in [0.3, 0.4) is 0 Å². The molecule has 1 amide bonds. The molecule has 1 aromatic heterocycles. The number of nitrogens with zero attached hydrogens (tertiary/aromatic N) is 4. The average Bonchev–Trinajstić information content (AvgIpc) is 2.95. The molecule has 8 heteroatoms. The van der Waals surface area contributed by atoms with Crippen LogP contribution in [0, 0.1) is 6.92 Å². The lowest BCUT2D eigenvalue weighted by Crippen LogP contribution is -2.36. The van der Waals surface area contributed by atoms with E-state index in [0.29, 0.717) is 24.4 Å². The monoisotopic (exact) mass is 332 g/mol. The highest BCUT2D eigenvalue weighted by Crippen LogP contribution is 2.17. The highest BCUT2D eigenvalue weighted by Gasteiger charge is 2.24. The van der Waals surface area contributed by atoms with E-state index in [-0.39, 0.29) is 12.2 Å². The van der Waals surface area contributed by atoms with Crippen molar-refractivity contribution in [1.82, 2.24) is 19.9 Å². The number of carbonyl (C=O) groups excluding carboxylic acids is 1. The molecule has 128 valence electrons. The molecule has 2 aromatic rings. The first-order valence-corrected chi connectivity index (χ1v) is 7.55. The summed E-state index contributed by atoms with van der Waals surface area (Å²) in [5.41, 5.74) is 1.44. The Morgan fingerprint density at radius 2 is 1.96 bits per heavy atom. The van der Waals surface area contributed by atoms with Crippen LogP contribution in [0.15, 0.2) is 24.3 Å². The molecule has 0 aliphatic heterocycles. The van der Waals surface area contributed by atoms with E-state index in [1.54, 1.807) is 38.3 Å². The van der Waals surface area contributed by atoms with Crippen LogP contribution >= 0.6 is 0 Å². The van der Waals surface area contributed by atoms with Gasteiger partial charge in [0.2, 0.25) is 0 Å². The van der Waals surface area contributed by atoms with Gasteiger partial charge in [0.25, 0.3) is 5.91 Å². The Hall–Kier alpha value is -2.90. The molecular weight excluding hydrogens is 312 g/mol. The van der Waals surface area contributed by atoms with Crippen molar-refractivity contribution in [2.45, 2.75) is 20.3 Å². The summed E-state index contributed by atoms with van der Waals surface area (Å²) in [6.45, 7) is 3.59. The second-order valence-electron chi connectivity index (χ2n) is 5.25. The Bertz CT molecular complexity index is 724. The van der Waals surface area contributed by atoms with Crippen LogP contribution in [0.25, 0.3) is 5.69 Å². The first-order chi connectivity index (χ1) is 11.5. The molecular formula is C16H20N4O4. The number of methoxy groups -OCH3 is 1. The van der Waals surface area contributed by atoms with E-state index in [1.165, 1.54) is 9.58 Å². The maximum atomic E-state index is 12.6. The summed E-state index contributed by atoms with van der Waals surface area (Å²) >= 11 is 0. The summed E-state index contributed by atoms with van der Waals surface area (Å²) in [5.74, 6) is -0.781. The Balaban J connectivity index is 2.30. The molecule has 0 aliphatic rings. The second kappa shape index (κ2) is 7.58. The van der Waals surface area contributed by atoms with Gasteiger partial charge in [0.1, 0.15) is 12.3 Å². The summed E-state index contributed by atoms with van der Waals surface area (Å²) in [5, 5.41) is 16.9. The minimum absolute atomic E-state index is 0.153. The molecule has 24 heavy (non-hydrogen) atoms. The van der Waals surface area contributed by atoms with Gasteiger partial charge in [0.05, 0.1) is 18.5 Å². The summed E-state index contributed by atoms with van der Waals surface area (Å²) < 4.78 is 6.65. The molecule has 1 N–H and O–H groups in total.